The lowest BCUT2D eigenvalue weighted by molar-refractivity contribution is -0.126. The van der Waals surface area contributed by atoms with Gasteiger partial charge in [-0.05, 0) is 32.0 Å². The van der Waals surface area contributed by atoms with Crippen molar-refractivity contribution in [2.75, 3.05) is 31.5 Å². The molecule has 0 bridgehead atoms. The molecule has 1 aliphatic heterocycles. The molecule has 1 aliphatic rings. The van der Waals surface area contributed by atoms with Gasteiger partial charge in [-0.15, -0.1) is 0 Å². The van der Waals surface area contributed by atoms with E-state index in [0.29, 0.717) is 10.7 Å². The van der Waals surface area contributed by atoms with Gasteiger partial charge in [0, 0.05) is 30.7 Å². The highest BCUT2D eigenvalue weighted by atomic mass is 79.9. The zero-order chi connectivity index (χ0) is 14.8. The zero-order valence-corrected chi connectivity index (χ0v) is 14.0. The summed E-state index contributed by atoms with van der Waals surface area (Å²) < 4.78 is 0.891. The number of nitrogens with one attached hydrogen (secondary N) is 2. The second-order valence-electron chi connectivity index (χ2n) is 5.37. The lowest BCUT2D eigenvalue weighted by Gasteiger charge is -2.39. The highest BCUT2D eigenvalue weighted by molar-refractivity contribution is 9.10. The Labute approximate surface area is 133 Å². The number of hydrogen-bond acceptors (Lipinski definition) is 3. The normalized spacial score (nSPS) is 17.0. The first-order chi connectivity index (χ1) is 9.41. The van der Waals surface area contributed by atoms with Crippen molar-refractivity contribution in [3.63, 3.8) is 0 Å². The zero-order valence-electron chi connectivity index (χ0n) is 11.7. The number of anilines is 1. The van der Waals surface area contributed by atoms with E-state index in [1.54, 1.807) is 12.1 Å². The van der Waals surface area contributed by atoms with Crippen molar-refractivity contribution < 1.29 is 4.79 Å². The number of rotatable bonds is 3. The fourth-order valence-electron chi connectivity index (χ4n) is 2.23. The van der Waals surface area contributed by atoms with Crippen LogP contribution in [0.4, 0.5) is 5.69 Å². The summed E-state index contributed by atoms with van der Waals surface area (Å²) in [6.07, 6.45) is 0. The molecule has 20 heavy (non-hydrogen) atoms. The molecule has 1 fully saturated rings. The molecular weight excluding hydrogens is 342 g/mol. The van der Waals surface area contributed by atoms with E-state index in [1.165, 1.54) is 0 Å². The third-order valence-corrected chi connectivity index (χ3v) is 4.45. The van der Waals surface area contributed by atoms with Gasteiger partial charge in [-0.3, -0.25) is 9.69 Å². The third-order valence-electron chi connectivity index (χ3n) is 3.64. The molecule has 0 unspecified atom stereocenters. The van der Waals surface area contributed by atoms with Gasteiger partial charge in [0.1, 0.15) is 0 Å². The van der Waals surface area contributed by atoms with E-state index in [1.807, 2.05) is 19.9 Å². The van der Waals surface area contributed by atoms with E-state index < -0.39 is 5.54 Å². The summed E-state index contributed by atoms with van der Waals surface area (Å²) >= 11 is 9.49. The minimum atomic E-state index is -0.557. The first-order valence-electron chi connectivity index (χ1n) is 6.63. The summed E-state index contributed by atoms with van der Waals surface area (Å²) in [6, 6.07) is 5.44. The van der Waals surface area contributed by atoms with Crippen molar-refractivity contribution in [3.8, 4) is 0 Å². The quantitative estimate of drug-likeness (QED) is 0.871. The van der Waals surface area contributed by atoms with Crippen molar-refractivity contribution in [1.82, 2.24) is 10.2 Å². The number of hydrogen-bond donors (Lipinski definition) is 2. The van der Waals surface area contributed by atoms with Crippen LogP contribution in [0.5, 0.6) is 0 Å². The number of carbonyl (C=O) groups is 1. The maximum absolute atomic E-state index is 12.5. The third kappa shape index (κ3) is 3.52. The Kier molecular flexibility index (Phi) is 5.07. The molecular formula is C14H19BrClN3O. The van der Waals surface area contributed by atoms with E-state index in [2.05, 4.69) is 31.5 Å². The first kappa shape index (κ1) is 15.8. The molecule has 0 atom stereocenters. The Morgan fingerprint density at radius 1 is 1.40 bits per heavy atom. The van der Waals surface area contributed by atoms with Gasteiger partial charge in [0.15, 0.2) is 0 Å². The molecule has 0 aliphatic carbocycles. The Bertz CT molecular complexity index is 501. The SMILES string of the molecule is CC(C)(C(=O)Nc1ccc(Br)cc1Cl)N1CCNCC1. The van der Waals surface area contributed by atoms with Crippen LogP contribution in [0.2, 0.25) is 5.02 Å². The van der Waals surface area contributed by atoms with E-state index in [-0.39, 0.29) is 5.91 Å². The van der Waals surface area contributed by atoms with Gasteiger partial charge >= 0.3 is 0 Å². The monoisotopic (exact) mass is 359 g/mol. The van der Waals surface area contributed by atoms with Gasteiger partial charge in [0.05, 0.1) is 16.2 Å². The van der Waals surface area contributed by atoms with Crippen LogP contribution in [0, 0.1) is 0 Å². The van der Waals surface area contributed by atoms with Crippen LogP contribution in [0.1, 0.15) is 13.8 Å². The summed E-state index contributed by atoms with van der Waals surface area (Å²) in [4.78, 5) is 14.7. The summed E-state index contributed by atoms with van der Waals surface area (Å²) in [5, 5.41) is 6.74. The largest absolute Gasteiger partial charge is 0.323 e. The highest BCUT2D eigenvalue weighted by Gasteiger charge is 2.35. The maximum Gasteiger partial charge on any atom is 0.244 e. The molecule has 0 spiro atoms. The smallest absolute Gasteiger partial charge is 0.244 e. The average Bonchev–Trinajstić information content (AvgIpc) is 2.42. The van der Waals surface area contributed by atoms with Gasteiger partial charge in [-0.2, -0.15) is 0 Å². The van der Waals surface area contributed by atoms with Crippen LogP contribution in [-0.2, 0) is 4.79 Å². The van der Waals surface area contributed by atoms with Crippen molar-refractivity contribution in [1.29, 1.82) is 0 Å². The number of nitrogens with zero attached hydrogens (tertiary/aromatic N) is 1. The Morgan fingerprint density at radius 2 is 2.05 bits per heavy atom. The average molecular weight is 361 g/mol. The standard InChI is InChI=1S/C14H19BrClN3O/c1-14(2,19-7-5-17-6-8-19)13(20)18-12-4-3-10(15)9-11(12)16/h3-4,9,17H,5-8H2,1-2H3,(H,18,20). The first-order valence-corrected chi connectivity index (χ1v) is 7.80. The van der Waals surface area contributed by atoms with Crippen LogP contribution >= 0.6 is 27.5 Å². The summed E-state index contributed by atoms with van der Waals surface area (Å²) in [6.45, 7) is 7.45. The molecule has 1 heterocycles. The van der Waals surface area contributed by atoms with E-state index in [4.69, 9.17) is 11.6 Å². The van der Waals surface area contributed by atoms with Crippen molar-refractivity contribution in [2.45, 2.75) is 19.4 Å². The highest BCUT2D eigenvalue weighted by Crippen LogP contribution is 2.27. The Hall–Kier alpha value is -0.620. The Balaban J connectivity index is 2.09. The molecule has 0 aromatic heterocycles. The second kappa shape index (κ2) is 6.43. The van der Waals surface area contributed by atoms with E-state index in [9.17, 15) is 4.79 Å². The topological polar surface area (TPSA) is 44.4 Å². The summed E-state index contributed by atoms with van der Waals surface area (Å²) in [5.41, 5.74) is 0.0847. The molecule has 2 N–H and O–H groups in total. The molecule has 1 amide bonds. The second-order valence-corrected chi connectivity index (χ2v) is 6.70. The lowest BCUT2D eigenvalue weighted by atomic mass is 10.0. The van der Waals surface area contributed by atoms with Gasteiger partial charge < -0.3 is 10.6 Å². The van der Waals surface area contributed by atoms with Crippen molar-refractivity contribution >= 4 is 39.1 Å². The lowest BCUT2D eigenvalue weighted by Crippen LogP contribution is -2.58. The van der Waals surface area contributed by atoms with Crippen LogP contribution in [-0.4, -0.2) is 42.5 Å². The van der Waals surface area contributed by atoms with Crippen molar-refractivity contribution in [3.05, 3.63) is 27.7 Å². The number of benzene rings is 1. The minimum absolute atomic E-state index is 0.0383. The summed E-state index contributed by atoms with van der Waals surface area (Å²) in [5.74, 6) is -0.0383. The predicted molar refractivity (Wildman–Crippen MR) is 86.3 cm³/mol. The molecule has 0 saturated carbocycles. The van der Waals surface area contributed by atoms with Gasteiger partial charge in [0.2, 0.25) is 5.91 Å². The molecule has 2 rings (SSSR count). The number of piperazine rings is 1. The van der Waals surface area contributed by atoms with Crippen LogP contribution in [0.15, 0.2) is 22.7 Å². The van der Waals surface area contributed by atoms with Gasteiger partial charge in [-0.25, -0.2) is 0 Å². The van der Waals surface area contributed by atoms with E-state index in [0.717, 1.165) is 30.7 Å². The Morgan fingerprint density at radius 3 is 2.65 bits per heavy atom. The van der Waals surface area contributed by atoms with Gasteiger partial charge in [-0.1, -0.05) is 27.5 Å². The van der Waals surface area contributed by atoms with Crippen LogP contribution < -0.4 is 10.6 Å². The molecule has 0 radical (unpaired) electrons. The molecule has 1 saturated heterocycles. The van der Waals surface area contributed by atoms with Crippen molar-refractivity contribution in [2.24, 2.45) is 0 Å². The number of carbonyl (C=O) groups excluding carboxylic acids is 1. The summed E-state index contributed by atoms with van der Waals surface area (Å²) in [7, 11) is 0. The number of amides is 1. The molecule has 6 heteroatoms. The maximum atomic E-state index is 12.5. The van der Waals surface area contributed by atoms with E-state index >= 15 is 0 Å². The minimum Gasteiger partial charge on any atom is -0.323 e. The van der Waals surface area contributed by atoms with Gasteiger partial charge in [0.25, 0.3) is 0 Å². The molecule has 4 nitrogen and oxygen atoms in total. The van der Waals surface area contributed by atoms with Crippen LogP contribution in [0.25, 0.3) is 0 Å². The molecule has 1 aromatic rings. The molecule has 110 valence electrons. The van der Waals surface area contributed by atoms with Crippen LogP contribution in [0.3, 0.4) is 0 Å². The fourth-order valence-corrected chi connectivity index (χ4v) is 2.95. The molecule has 1 aromatic carbocycles. The number of halogens is 2. The predicted octanol–water partition coefficient (Wildman–Crippen LogP) is 2.72. The fraction of sp³-hybridized carbons (Fsp3) is 0.500.